The SMILES string of the molecule is Cc1cccc(C(N)c2cc(Cl)ccc2Cl)n1. The van der Waals surface area contributed by atoms with E-state index < -0.39 is 0 Å². The van der Waals surface area contributed by atoms with Gasteiger partial charge in [0.25, 0.3) is 0 Å². The summed E-state index contributed by atoms with van der Waals surface area (Å²) in [5, 5.41) is 1.22. The Bertz CT molecular complexity index is 541. The lowest BCUT2D eigenvalue weighted by molar-refractivity contribution is 0.822. The van der Waals surface area contributed by atoms with Gasteiger partial charge in [0.1, 0.15) is 0 Å². The zero-order valence-corrected chi connectivity index (χ0v) is 10.8. The fourth-order valence-electron chi connectivity index (χ4n) is 1.65. The van der Waals surface area contributed by atoms with Crippen molar-refractivity contribution in [2.75, 3.05) is 0 Å². The highest BCUT2D eigenvalue weighted by Crippen LogP contribution is 2.28. The average molecular weight is 267 g/mol. The van der Waals surface area contributed by atoms with E-state index in [0.717, 1.165) is 17.0 Å². The van der Waals surface area contributed by atoms with Crippen LogP contribution in [-0.2, 0) is 0 Å². The molecule has 4 heteroatoms. The van der Waals surface area contributed by atoms with Gasteiger partial charge in [0.2, 0.25) is 0 Å². The highest BCUT2D eigenvalue weighted by molar-refractivity contribution is 6.33. The molecular formula is C13H12Cl2N2. The minimum absolute atomic E-state index is 0.360. The normalized spacial score (nSPS) is 12.5. The first-order valence-corrected chi connectivity index (χ1v) is 5.97. The first kappa shape index (κ1) is 12.4. The second-order valence-electron chi connectivity index (χ2n) is 3.85. The van der Waals surface area contributed by atoms with Crippen molar-refractivity contribution in [3.63, 3.8) is 0 Å². The molecule has 88 valence electrons. The number of nitrogens with zero attached hydrogens (tertiary/aromatic N) is 1. The minimum Gasteiger partial charge on any atom is -0.319 e. The standard InChI is InChI=1S/C13H12Cl2N2/c1-8-3-2-4-12(17-8)13(16)10-7-9(14)5-6-11(10)15/h2-7,13H,16H2,1H3. The van der Waals surface area contributed by atoms with Gasteiger partial charge in [-0.3, -0.25) is 4.98 Å². The van der Waals surface area contributed by atoms with E-state index >= 15 is 0 Å². The number of rotatable bonds is 2. The van der Waals surface area contributed by atoms with Gasteiger partial charge in [-0.05, 0) is 42.8 Å². The zero-order chi connectivity index (χ0) is 12.4. The number of hydrogen-bond donors (Lipinski definition) is 1. The van der Waals surface area contributed by atoms with Crippen molar-refractivity contribution >= 4 is 23.2 Å². The van der Waals surface area contributed by atoms with Crippen LogP contribution in [0.15, 0.2) is 36.4 Å². The number of aryl methyl sites for hydroxylation is 1. The molecule has 0 aliphatic rings. The van der Waals surface area contributed by atoms with E-state index in [0.29, 0.717) is 10.0 Å². The van der Waals surface area contributed by atoms with Crippen LogP contribution in [0, 0.1) is 6.92 Å². The van der Waals surface area contributed by atoms with Crippen LogP contribution < -0.4 is 5.73 Å². The quantitative estimate of drug-likeness (QED) is 0.900. The maximum Gasteiger partial charge on any atom is 0.0741 e. The molecule has 0 saturated carbocycles. The van der Waals surface area contributed by atoms with Crippen LogP contribution >= 0.6 is 23.2 Å². The van der Waals surface area contributed by atoms with Crippen LogP contribution in [0.25, 0.3) is 0 Å². The molecule has 0 aliphatic heterocycles. The summed E-state index contributed by atoms with van der Waals surface area (Å²) in [6, 6.07) is 10.6. The van der Waals surface area contributed by atoms with Gasteiger partial charge in [0.05, 0.1) is 11.7 Å². The molecule has 1 aromatic carbocycles. The molecule has 0 spiro atoms. The third kappa shape index (κ3) is 2.78. The molecule has 2 N–H and O–H groups in total. The fraction of sp³-hybridized carbons (Fsp3) is 0.154. The molecule has 0 aliphatic carbocycles. The molecule has 1 aromatic heterocycles. The predicted molar refractivity (Wildman–Crippen MR) is 71.5 cm³/mol. The van der Waals surface area contributed by atoms with Gasteiger partial charge in [0, 0.05) is 15.7 Å². The Morgan fingerprint density at radius 3 is 2.65 bits per heavy atom. The zero-order valence-electron chi connectivity index (χ0n) is 9.32. The molecule has 2 rings (SSSR count). The van der Waals surface area contributed by atoms with Gasteiger partial charge >= 0.3 is 0 Å². The lowest BCUT2D eigenvalue weighted by Crippen LogP contribution is -2.14. The number of pyridine rings is 1. The fourth-order valence-corrected chi connectivity index (χ4v) is 2.07. The van der Waals surface area contributed by atoms with Crippen LogP contribution in [0.4, 0.5) is 0 Å². The minimum atomic E-state index is -0.360. The molecule has 0 saturated heterocycles. The van der Waals surface area contributed by atoms with Crippen LogP contribution in [0.1, 0.15) is 23.0 Å². The second-order valence-corrected chi connectivity index (χ2v) is 4.69. The van der Waals surface area contributed by atoms with Crippen LogP contribution in [0.5, 0.6) is 0 Å². The number of halogens is 2. The van der Waals surface area contributed by atoms with Crippen molar-refractivity contribution in [3.05, 3.63) is 63.4 Å². The molecule has 2 aromatic rings. The van der Waals surface area contributed by atoms with Gasteiger partial charge < -0.3 is 5.73 Å². The summed E-state index contributed by atoms with van der Waals surface area (Å²) in [5.74, 6) is 0. The molecule has 1 heterocycles. The number of aromatic nitrogens is 1. The van der Waals surface area contributed by atoms with E-state index in [4.69, 9.17) is 28.9 Å². The van der Waals surface area contributed by atoms with Crippen molar-refractivity contribution in [1.29, 1.82) is 0 Å². The molecule has 17 heavy (non-hydrogen) atoms. The Hall–Kier alpha value is -1.09. The average Bonchev–Trinajstić information content (AvgIpc) is 2.31. The van der Waals surface area contributed by atoms with Gasteiger partial charge in [-0.15, -0.1) is 0 Å². The predicted octanol–water partition coefficient (Wildman–Crippen LogP) is 3.74. The van der Waals surface area contributed by atoms with Crippen molar-refractivity contribution in [1.82, 2.24) is 4.98 Å². The van der Waals surface area contributed by atoms with Crippen molar-refractivity contribution in [2.24, 2.45) is 5.73 Å². The molecular weight excluding hydrogens is 255 g/mol. The van der Waals surface area contributed by atoms with Crippen molar-refractivity contribution < 1.29 is 0 Å². The summed E-state index contributed by atoms with van der Waals surface area (Å²) in [6.07, 6.45) is 0. The number of nitrogens with two attached hydrogens (primary N) is 1. The smallest absolute Gasteiger partial charge is 0.0741 e. The third-order valence-corrected chi connectivity index (χ3v) is 3.10. The number of benzene rings is 1. The van der Waals surface area contributed by atoms with E-state index in [-0.39, 0.29) is 6.04 Å². The largest absolute Gasteiger partial charge is 0.319 e. The maximum atomic E-state index is 6.15. The highest BCUT2D eigenvalue weighted by Gasteiger charge is 2.14. The summed E-state index contributed by atoms with van der Waals surface area (Å²) in [7, 11) is 0. The van der Waals surface area contributed by atoms with Crippen LogP contribution in [0.3, 0.4) is 0 Å². The second kappa shape index (κ2) is 5.05. The summed E-state index contributed by atoms with van der Waals surface area (Å²) < 4.78 is 0. The lowest BCUT2D eigenvalue weighted by Gasteiger charge is -2.14. The van der Waals surface area contributed by atoms with Gasteiger partial charge in [-0.1, -0.05) is 29.3 Å². The van der Waals surface area contributed by atoms with Crippen LogP contribution in [0.2, 0.25) is 10.0 Å². The molecule has 0 amide bonds. The highest BCUT2D eigenvalue weighted by atomic mass is 35.5. The Morgan fingerprint density at radius 1 is 1.18 bits per heavy atom. The molecule has 1 unspecified atom stereocenters. The van der Waals surface area contributed by atoms with E-state index in [1.54, 1.807) is 18.2 Å². The Kier molecular flexibility index (Phi) is 3.67. The first-order chi connectivity index (χ1) is 8.08. The van der Waals surface area contributed by atoms with Crippen molar-refractivity contribution in [2.45, 2.75) is 13.0 Å². The molecule has 2 nitrogen and oxygen atoms in total. The molecule has 0 radical (unpaired) electrons. The first-order valence-electron chi connectivity index (χ1n) is 5.22. The summed E-state index contributed by atoms with van der Waals surface area (Å²) in [5.41, 5.74) is 8.65. The van der Waals surface area contributed by atoms with E-state index in [1.807, 2.05) is 25.1 Å². The monoisotopic (exact) mass is 266 g/mol. The van der Waals surface area contributed by atoms with E-state index in [1.165, 1.54) is 0 Å². The van der Waals surface area contributed by atoms with Gasteiger partial charge in [-0.25, -0.2) is 0 Å². The topological polar surface area (TPSA) is 38.9 Å². The lowest BCUT2D eigenvalue weighted by atomic mass is 10.0. The molecule has 0 bridgehead atoms. The summed E-state index contributed by atoms with van der Waals surface area (Å²) in [6.45, 7) is 1.93. The van der Waals surface area contributed by atoms with Crippen LogP contribution in [-0.4, -0.2) is 4.98 Å². The summed E-state index contributed by atoms with van der Waals surface area (Å²) >= 11 is 12.1. The van der Waals surface area contributed by atoms with Crippen molar-refractivity contribution in [3.8, 4) is 0 Å². The Morgan fingerprint density at radius 2 is 1.94 bits per heavy atom. The maximum absolute atomic E-state index is 6.15. The van der Waals surface area contributed by atoms with Gasteiger partial charge in [0.15, 0.2) is 0 Å². The molecule has 1 atom stereocenters. The third-order valence-electron chi connectivity index (χ3n) is 2.52. The summed E-state index contributed by atoms with van der Waals surface area (Å²) in [4.78, 5) is 4.39. The molecule has 0 fully saturated rings. The van der Waals surface area contributed by atoms with E-state index in [9.17, 15) is 0 Å². The van der Waals surface area contributed by atoms with Gasteiger partial charge in [-0.2, -0.15) is 0 Å². The number of hydrogen-bond acceptors (Lipinski definition) is 2. The Labute approximate surface area is 110 Å². The Balaban J connectivity index is 2.43. The van der Waals surface area contributed by atoms with E-state index in [2.05, 4.69) is 4.98 Å².